The molecule has 2 rings (SSSR count). The van der Waals surface area contributed by atoms with Crippen molar-refractivity contribution in [2.75, 3.05) is 13.2 Å². The Kier molecular flexibility index (Phi) is 6.33. The van der Waals surface area contributed by atoms with Gasteiger partial charge in [-0.15, -0.1) is 0 Å². The number of benzene rings is 1. The molecule has 0 radical (unpaired) electrons. The highest BCUT2D eigenvalue weighted by atomic mass is 79.9. The Balaban J connectivity index is 1.67. The summed E-state index contributed by atoms with van der Waals surface area (Å²) in [7, 11) is 0. The monoisotopic (exact) mass is 341 g/mol. The number of nitrogens with one attached hydrogen (secondary N) is 1. The van der Waals surface area contributed by atoms with Gasteiger partial charge in [0.15, 0.2) is 0 Å². The van der Waals surface area contributed by atoms with Crippen molar-refractivity contribution in [3.8, 4) is 5.75 Å². The average molecular weight is 342 g/mol. The van der Waals surface area contributed by atoms with Crippen molar-refractivity contribution in [1.82, 2.24) is 5.32 Å². The number of hydrogen-bond donors (Lipinski definition) is 2. The molecule has 0 spiro atoms. The second-order valence-electron chi connectivity index (χ2n) is 5.70. The average Bonchev–Trinajstić information content (AvgIpc) is 2.46. The summed E-state index contributed by atoms with van der Waals surface area (Å²) in [6.45, 7) is 3.23. The summed E-state index contributed by atoms with van der Waals surface area (Å²) in [4.78, 5) is 0. The number of ether oxygens (including phenoxy) is 1. The largest absolute Gasteiger partial charge is 0.491 e. The molecule has 0 aromatic heterocycles. The third-order valence-corrected chi connectivity index (χ3v) is 4.51. The van der Waals surface area contributed by atoms with Crippen LogP contribution in [0.3, 0.4) is 0 Å². The zero-order chi connectivity index (χ0) is 14.4. The molecule has 3 atom stereocenters. The fourth-order valence-corrected chi connectivity index (χ4v) is 2.95. The minimum Gasteiger partial charge on any atom is -0.491 e. The third-order valence-electron chi connectivity index (χ3n) is 3.98. The van der Waals surface area contributed by atoms with Crippen LogP contribution < -0.4 is 10.1 Å². The van der Waals surface area contributed by atoms with Gasteiger partial charge in [-0.1, -0.05) is 35.7 Å². The fraction of sp³-hybridized carbons (Fsp3) is 0.625. The Hall–Kier alpha value is -0.580. The van der Waals surface area contributed by atoms with E-state index in [1.165, 1.54) is 25.7 Å². The third kappa shape index (κ3) is 5.08. The Morgan fingerprint density at radius 1 is 1.30 bits per heavy atom. The molecule has 3 nitrogen and oxygen atoms in total. The molecule has 20 heavy (non-hydrogen) atoms. The van der Waals surface area contributed by atoms with Crippen molar-refractivity contribution in [1.29, 1.82) is 0 Å². The van der Waals surface area contributed by atoms with Crippen molar-refractivity contribution >= 4 is 15.9 Å². The normalized spacial score (nSPS) is 24.4. The van der Waals surface area contributed by atoms with E-state index in [9.17, 15) is 5.11 Å². The van der Waals surface area contributed by atoms with Gasteiger partial charge in [0, 0.05) is 17.1 Å². The Morgan fingerprint density at radius 3 is 2.70 bits per heavy atom. The van der Waals surface area contributed by atoms with Crippen LogP contribution in [0.5, 0.6) is 5.75 Å². The standard InChI is InChI=1S/C16H24BrNO2/c1-12-4-2-3-5-16(12)18-10-14(19)11-20-15-8-6-13(17)7-9-15/h6-9,12,14,16,18-19H,2-5,10-11H2,1H3. The van der Waals surface area contributed by atoms with Crippen molar-refractivity contribution < 1.29 is 9.84 Å². The number of halogens is 1. The van der Waals surface area contributed by atoms with E-state index < -0.39 is 6.10 Å². The van der Waals surface area contributed by atoms with E-state index in [2.05, 4.69) is 28.2 Å². The second kappa shape index (κ2) is 8.01. The first-order chi connectivity index (χ1) is 9.65. The lowest BCUT2D eigenvalue weighted by molar-refractivity contribution is 0.0985. The van der Waals surface area contributed by atoms with Crippen molar-refractivity contribution in [2.45, 2.75) is 44.8 Å². The Labute approximate surface area is 129 Å². The molecule has 0 bridgehead atoms. The van der Waals surface area contributed by atoms with E-state index in [4.69, 9.17) is 4.74 Å². The zero-order valence-electron chi connectivity index (χ0n) is 12.0. The summed E-state index contributed by atoms with van der Waals surface area (Å²) < 4.78 is 6.60. The van der Waals surface area contributed by atoms with Gasteiger partial charge in [0.2, 0.25) is 0 Å². The van der Waals surface area contributed by atoms with Crippen LogP contribution in [0.1, 0.15) is 32.6 Å². The SMILES string of the molecule is CC1CCCCC1NCC(O)COc1ccc(Br)cc1. The maximum Gasteiger partial charge on any atom is 0.119 e. The van der Waals surface area contributed by atoms with E-state index in [0.29, 0.717) is 25.1 Å². The van der Waals surface area contributed by atoms with Crippen LogP contribution in [0, 0.1) is 5.92 Å². The van der Waals surface area contributed by atoms with Gasteiger partial charge in [0.1, 0.15) is 18.5 Å². The summed E-state index contributed by atoms with van der Waals surface area (Å²) >= 11 is 3.39. The molecule has 1 aliphatic carbocycles. The minimum absolute atomic E-state index is 0.329. The molecule has 1 fully saturated rings. The van der Waals surface area contributed by atoms with Gasteiger partial charge in [0.05, 0.1) is 0 Å². The minimum atomic E-state index is -0.465. The highest BCUT2D eigenvalue weighted by Gasteiger charge is 2.21. The lowest BCUT2D eigenvalue weighted by atomic mass is 9.86. The molecule has 0 saturated heterocycles. The number of aliphatic hydroxyl groups excluding tert-OH is 1. The number of rotatable bonds is 6. The molecule has 0 heterocycles. The van der Waals surface area contributed by atoms with Gasteiger partial charge >= 0.3 is 0 Å². The summed E-state index contributed by atoms with van der Waals surface area (Å²) in [6, 6.07) is 8.21. The molecule has 3 unspecified atom stereocenters. The van der Waals surface area contributed by atoms with Gasteiger partial charge < -0.3 is 15.2 Å². The van der Waals surface area contributed by atoms with Gasteiger partial charge in [-0.3, -0.25) is 0 Å². The van der Waals surface area contributed by atoms with Gasteiger partial charge in [-0.25, -0.2) is 0 Å². The van der Waals surface area contributed by atoms with Gasteiger partial charge in [-0.2, -0.15) is 0 Å². The lowest BCUT2D eigenvalue weighted by Gasteiger charge is -2.30. The van der Waals surface area contributed by atoms with Crippen LogP contribution >= 0.6 is 15.9 Å². The van der Waals surface area contributed by atoms with Crippen molar-refractivity contribution in [2.24, 2.45) is 5.92 Å². The van der Waals surface area contributed by atoms with Gasteiger partial charge in [0.25, 0.3) is 0 Å². The van der Waals surface area contributed by atoms with Crippen molar-refractivity contribution in [3.05, 3.63) is 28.7 Å². The predicted molar refractivity (Wildman–Crippen MR) is 85.1 cm³/mol. The van der Waals surface area contributed by atoms with E-state index in [1.807, 2.05) is 24.3 Å². The van der Waals surface area contributed by atoms with Crippen LogP contribution in [0.15, 0.2) is 28.7 Å². The molecule has 0 aliphatic heterocycles. The first-order valence-electron chi connectivity index (χ1n) is 7.45. The predicted octanol–water partition coefficient (Wildman–Crippen LogP) is 3.36. The van der Waals surface area contributed by atoms with E-state index in [1.54, 1.807) is 0 Å². The quantitative estimate of drug-likeness (QED) is 0.833. The molecule has 1 aromatic rings. The van der Waals surface area contributed by atoms with E-state index in [0.717, 1.165) is 10.2 Å². The van der Waals surface area contributed by atoms with Crippen LogP contribution in [-0.2, 0) is 0 Å². The maximum absolute atomic E-state index is 9.99. The molecular formula is C16H24BrNO2. The molecule has 0 amide bonds. The van der Waals surface area contributed by atoms with Crippen molar-refractivity contribution in [3.63, 3.8) is 0 Å². The molecule has 1 aliphatic rings. The topological polar surface area (TPSA) is 41.5 Å². The van der Waals surface area contributed by atoms with Crippen LogP contribution in [0.2, 0.25) is 0 Å². The number of aliphatic hydroxyl groups is 1. The van der Waals surface area contributed by atoms with Crippen LogP contribution in [0.4, 0.5) is 0 Å². The lowest BCUT2D eigenvalue weighted by Crippen LogP contribution is -2.42. The zero-order valence-corrected chi connectivity index (χ0v) is 13.6. The Bertz CT molecular complexity index is 396. The first kappa shape index (κ1) is 15.8. The number of hydrogen-bond acceptors (Lipinski definition) is 3. The van der Waals surface area contributed by atoms with Gasteiger partial charge in [-0.05, 0) is 43.0 Å². The maximum atomic E-state index is 9.99. The molecule has 1 saturated carbocycles. The molecule has 2 N–H and O–H groups in total. The molecule has 112 valence electrons. The molecule has 4 heteroatoms. The summed E-state index contributed by atoms with van der Waals surface area (Å²) in [5, 5.41) is 13.5. The summed E-state index contributed by atoms with van der Waals surface area (Å²) in [5.74, 6) is 1.50. The summed E-state index contributed by atoms with van der Waals surface area (Å²) in [6.07, 6.45) is 4.69. The molecular weight excluding hydrogens is 318 g/mol. The Morgan fingerprint density at radius 2 is 2.00 bits per heavy atom. The fourth-order valence-electron chi connectivity index (χ4n) is 2.69. The van der Waals surface area contributed by atoms with E-state index >= 15 is 0 Å². The molecule has 1 aromatic carbocycles. The van der Waals surface area contributed by atoms with Crippen LogP contribution in [0.25, 0.3) is 0 Å². The highest BCUT2D eigenvalue weighted by Crippen LogP contribution is 2.23. The van der Waals surface area contributed by atoms with Crippen LogP contribution in [-0.4, -0.2) is 30.4 Å². The second-order valence-corrected chi connectivity index (χ2v) is 6.61. The smallest absolute Gasteiger partial charge is 0.119 e. The first-order valence-corrected chi connectivity index (χ1v) is 8.24. The van der Waals surface area contributed by atoms with E-state index in [-0.39, 0.29) is 0 Å². The highest BCUT2D eigenvalue weighted by molar-refractivity contribution is 9.10. The summed E-state index contributed by atoms with van der Waals surface area (Å²) in [5.41, 5.74) is 0.